The molecule has 0 bridgehead atoms. The van der Waals surface area contributed by atoms with Gasteiger partial charge in [0.05, 0.1) is 23.9 Å². The summed E-state index contributed by atoms with van der Waals surface area (Å²) in [6, 6.07) is 19.0. The molecule has 3 heterocycles. The zero-order chi connectivity index (χ0) is 24.7. The second-order valence-corrected chi connectivity index (χ2v) is 9.30. The number of aromatic nitrogens is 1. The Morgan fingerprint density at radius 3 is 2.57 bits per heavy atom. The second kappa shape index (κ2) is 9.04. The van der Waals surface area contributed by atoms with E-state index in [1.165, 1.54) is 4.90 Å². The Kier molecular flexibility index (Phi) is 5.91. The van der Waals surface area contributed by atoms with Crippen molar-refractivity contribution in [3.8, 4) is 0 Å². The van der Waals surface area contributed by atoms with E-state index in [-0.39, 0.29) is 17.9 Å². The third kappa shape index (κ3) is 4.21. The Hall–Kier alpha value is -3.90. The topological polar surface area (TPSA) is 83.6 Å². The number of hydrogen-bond acceptors (Lipinski definition) is 5. The zero-order valence-corrected chi connectivity index (χ0v) is 20.0. The monoisotopic (exact) mass is 486 g/mol. The number of fused-ring (bicyclic) bond motifs is 1. The van der Waals surface area contributed by atoms with Gasteiger partial charge in [0.25, 0.3) is 5.91 Å². The van der Waals surface area contributed by atoms with Crippen LogP contribution in [0.5, 0.6) is 0 Å². The van der Waals surface area contributed by atoms with Gasteiger partial charge in [-0.05, 0) is 53.4 Å². The maximum atomic E-state index is 13.7. The third-order valence-corrected chi connectivity index (χ3v) is 6.46. The van der Waals surface area contributed by atoms with Gasteiger partial charge < -0.3 is 14.4 Å². The number of aliphatic hydroxyl groups excluding tert-OH is 1. The highest BCUT2D eigenvalue weighted by Crippen LogP contribution is 2.40. The molecule has 0 spiro atoms. The molecule has 176 valence electrons. The summed E-state index contributed by atoms with van der Waals surface area (Å²) in [6.07, 6.45) is 1.64. The van der Waals surface area contributed by atoms with Gasteiger partial charge in [-0.3, -0.25) is 14.6 Å². The quantitative estimate of drug-likeness (QED) is 0.319. The minimum Gasteiger partial charge on any atom is -0.503 e. The van der Waals surface area contributed by atoms with Crippen LogP contribution < -0.4 is 0 Å². The van der Waals surface area contributed by atoms with Crippen LogP contribution in [0.15, 0.2) is 88.7 Å². The lowest BCUT2D eigenvalue weighted by Crippen LogP contribution is -2.31. The molecule has 0 fully saturated rings. The van der Waals surface area contributed by atoms with E-state index >= 15 is 0 Å². The first-order chi connectivity index (χ1) is 16.8. The SMILES string of the molecule is CC(C)c1ccc(C2C(C(=O)c3cc4cc(Cl)ccc4o3)=C(O)C(=O)N2Cc2ccccn2)cc1. The van der Waals surface area contributed by atoms with E-state index in [2.05, 4.69) is 18.8 Å². The van der Waals surface area contributed by atoms with Gasteiger partial charge in [0.1, 0.15) is 5.58 Å². The number of benzene rings is 2. The summed E-state index contributed by atoms with van der Waals surface area (Å²) < 4.78 is 5.77. The van der Waals surface area contributed by atoms with E-state index < -0.39 is 23.5 Å². The Balaban J connectivity index is 1.59. The van der Waals surface area contributed by atoms with Gasteiger partial charge >= 0.3 is 0 Å². The first kappa shape index (κ1) is 22.9. The predicted molar refractivity (Wildman–Crippen MR) is 133 cm³/mol. The van der Waals surface area contributed by atoms with E-state index in [1.54, 1.807) is 42.6 Å². The van der Waals surface area contributed by atoms with Crippen molar-refractivity contribution in [1.82, 2.24) is 9.88 Å². The van der Waals surface area contributed by atoms with Crippen molar-refractivity contribution in [2.75, 3.05) is 0 Å². The van der Waals surface area contributed by atoms with Gasteiger partial charge in [0.15, 0.2) is 11.5 Å². The van der Waals surface area contributed by atoms with Gasteiger partial charge in [-0.1, -0.05) is 55.8 Å². The van der Waals surface area contributed by atoms with Gasteiger partial charge in [-0.15, -0.1) is 0 Å². The molecule has 0 saturated heterocycles. The number of nitrogens with zero attached hydrogens (tertiary/aromatic N) is 2. The van der Waals surface area contributed by atoms with Crippen molar-refractivity contribution in [2.24, 2.45) is 0 Å². The smallest absolute Gasteiger partial charge is 0.290 e. The van der Waals surface area contributed by atoms with E-state index in [9.17, 15) is 14.7 Å². The molecule has 0 saturated carbocycles. The summed E-state index contributed by atoms with van der Waals surface area (Å²) in [5, 5.41) is 12.1. The fourth-order valence-corrected chi connectivity index (χ4v) is 4.56. The summed E-state index contributed by atoms with van der Waals surface area (Å²) in [6.45, 7) is 4.32. The van der Waals surface area contributed by atoms with Crippen molar-refractivity contribution in [3.63, 3.8) is 0 Å². The van der Waals surface area contributed by atoms with Crippen LogP contribution in [0.25, 0.3) is 11.0 Å². The second-order valence-electron chi connectivity index (χ2n) is 8.86. The van der Waals surface area contributed by atoms with Crippen molar-refractivity contribution in [2.45, 2.75) is 32.4 Å². The molecule has 2 aromatic heterocycles. The fraction of sp³-hybridized carbons (Fsp3) is 0.179. The van der Waals surface area contributed by atoms with Crippen LogP contribution >= 0.6 is 11.6 Å². The number of pyridine rings is 1. The van der Waals surface area contributed by atoms with Crippen LogP contribution in [-0.4, -0.2) is 26.7 Å². The highest BCUT2D eigenvalue weighted by molar-refractivity contribution is 6.31. The number of carbonyl (C=O) groups is 2. The summed E-state index contributed by atoms with van der Waals surface area (Å²) >= 11 is 6.08. The molecule has 2 aromatic carbocycles. The Bertz CT molecular complexity index is 1460. The highest BCUT2D eigenvalue weighted by Gasteiger charge is 2.44. The molecular formula is C28H23ClN2O4. The molecule has 1 unspecified atom stereocenters. The van der Waals surface area contributed by atoms with Gasteiger partial charge in [-0.2, -0.15) is 0 Å². The number of aliphatic hydroxyl groups is 1. The Morgan fingerprint density at radius 2 is 1.89 bits per heavy atom. The van der Waals surface area contributed by atoms with Crippen molar-refractivity contribution < 1.29 is 19.1 Å². The molecule has 1 amide bonds. The van der Waals surface area contributed by atoms with Crippen molar-refractivity contribution >= 4 is 34.3 Å². The summed E-state index contributed by atoms with van der Waals surface area (Å²) in [4.78, 5) is 32.7. The number of furan rings is 1. The van der Waals surface area contributed by atoms with Crippen LogP contribution in [-0.2, 0) is 11.3 Å². The first-order valence-corrected chi connectivity index (χ1v) is 11.7. The van der Waals surface area contributed by atoms with Gasteiger partial charge in [0.2, 0.25) is 5.78 Å². The van der Waals surface area contributed by atoms with Crippen LogP contribution in [0.3, 0.4) is 0 Å². The number of halogens is 1. The average molecular weight is 487 g/mol. The average Bonchev–Trinajstić information content (AvgIpc) is 3.38. The number of Topliss-reactive ketones (excluding diaryl/α,β-unsaturated/α-hetero) is 1. The molecule has 1 N–H and O–H groups in total. The summed E-state index contributed by atoms with van der Waals surface area (Å²) in [5.74, 6) is -1.41. The van der Waals surface area contributed by atoms with Crippen LogP contribution in [0.1, 0.15) is 53.2 Å². The number of ketones is 1. The molecule has 0 aliphatic carbocycles. The molecule has 5 rings (SSSR count). The summed E-state index contributed by atoms with van der Waals surface area (Å²) in [5.41, 5.74) is 2.96. The molecule has 1 aliphatic heterocycles. The lowest BCUT2D eigenvalue weighted by molar-refractivity contribution is -0.130. The number of amides is 1. The minimum absolute atomic E-state index is 0.0200. The molecule has 0 radical (unpaired) electrons. The molecule has 35 heavy (non-hydrogen) atoms. The van der Waals surface area contributed by atoms with Gasteiger partial charge in [-0.25, -0.2) is 0 Å². The maximum Gasteiger partial charge on any atom is 0.290 e. The van der Waals surface area contributed by atoms with Crippen LogP contribution in [0.4, 0.5) is 0 Å². The number of carbonyl (C=O) groups excluding carboxylic acids is 2. The standard InChI is InChI=1S/C28H23ClN2O4/c1-16(2)17-6-8-18(9-7-17)25-24(26(32)23-14-19-13-20(29)10-11-22(19)35-23)27(33)28(34)31(25)15-21-5-3-4-12-30-21/h3-14,16,25,33H,15H2,1-2H3. The van der Waals surface area contributed by atoms with E-state index in [0.717, 1.165) is 5.56 Å². The van der Waals surface area contributed by atoms with E-state index in [4.69, 9.17) is 16.0 Å². The van der Waals surface area contributed by atoms with E-state index in [0.29, 0.717) is 33.2 Å². The fourth-order valence-electron chi connectivity index (χ4n) is 4.38. The molecule has 4 aromatic rings. The zero-order valence-electron chi connectivity index (χ0n) is 19.2. The van der Waals surface area contributed by atoms with Gasteiger partial charge in [0, 0.05) is 16.6 Å². The third-order valence-electron chi connectivity index (χ3n) is 6.23. The van der Waals surface area contributed by atoms with Crippen LogP contribution in [0.2, 0.25) is 5.02 Å². The molecule has 1 aliphatic rings. The summed E-state index contributed by atoms with van der Waals surface area (Å²) in [7, 11) is 0. The maximum absolute atomic E-state index is 13.7. The lowest BCUT2D eigenvalue weighted by Gasteiger charge is -2.26. The van der Waals surface area contributed by atoms with Crippen molar-refractivity contribution in [1.29, 1.82) is 0 Å². The number of hydrogen-bond donors (Lipinski definition) is 1. The molecular weight excluding hydrogens is 464 g/mol. The minimum atomic E-state index is -0.796. The van der Waals surface area contributed by atoms with E-state index in [1.807, 2.05) is 30.3 Å². The Labute approximate surface area is 207 Å². The normalized spacial score (nSPS) is 16.1. The lowest BCUT2D eigenvalue weighted by atomic mass is 9.93. The Morgan fingerprint density at radius 1 is 1.11 bits per heavy atom. The van der Waals surface area contributed by atoms with Crippen molar-refractivity contribution in [3.05, 3.63) is 112 Å². The molecule has 6 nitrogen and oxygen atoms in total. The number of rotatable bonds is 6. The largest absolute Gasteiger partial charge is 0.503 e. The molecule has 1 atom stereocenters. The molecule has 7 heteroatoms. The van der Waals surface area contributed by atoms with Crippen LogP contribution in [0, 0.1) is 0 Å². The predicted octanol–water partition coefficient (Wildman–Crippen LogP) is 6.38. The first-order valence-electron chi connectivity index (χ1n) is 11.3. The highest BCUT2D eigenvalue weighted by atomic mass is 35.5.